The van der Waals surface area contributed by atoms with Crippen LogP contribution in [0.25, 0.3) is 11.3 Å². The summed E-state index contributed by atoms with van der Waals surface area (Å²) in [4.78, 5) is 16.7. The third-order valence-electron chi connectivity index (χ3n) is 3.52. The summed E-state index contributed by atoms with van der Waals surface area (Å²) in [6.07, 6.45) is 1.67. The van der Waals surface area contributed by atoms with Gasteiger partial charge >= 0.3 is 0 Å². The molecule has 0 radical (unpaired) electrons. The number of aromatic nitrogens is 6. The first-order valence-corrected chi connectivity index (χ1v) is 9.23. The minimum atomic E-state index is -0.371. The van der Waals surface area contributed by atoms with Gasteiger partial charge < -0.3 is 0 Å². The Morgan fingerprint density at radius 1 is 1.19 bits per heavy atom. The molecule has 1 aromatic carbocycles. The molecule has 0 bridgehead atoms. The largest absolute Gasteiger partial charge is 0.269 e. The normalized spacial score (nSPS) is 11.2. The highest BCUT2D eigenvalue weighted by atomic mass is 79.9. The highest BCUT2D eigenvalue weighted by Crippen LogP contribution is 2.22. The average molecular weight is 433 g/mol. The Bertz CT molecular complexity index is 1160. The summed E-state index contributed by atoms with van der Waals surface area (Å²) in [7, 11) is 0. The van der Waals surface area contributed by atoms with Crippen LogP contribution in [0.15, 0.2) is 63.1 Å². The molecule has 0 atom stereocenters. The first kappa shape index (κ1) is 16.9. The van der Waals surface area contributed by atoms with Gasteiger partial charge in [0, 0.05) is 22.5 Å². The van der Waals surface area contributed by atoms with Gasteiger partial charge in [0.1, 0.15) is 11.5 Å². The Labute approximate surface area is 159 Å². The minimum Gasteiger partial charge on any atom is -0.269 e. The van der Waals surface area contributed by atoms with E-state index in [9.17, 15) is 9.18 Å². The van der Waals surface area contributed by atoms with Crippen molar-refractivity contribution in [2.24, 2.45) is 0 Å². The molecule has 4 rings (SSSR count). The van der Waals surface area contributed by atoms with Gasteiger partial charge in [-0.3, -0.25) is 9.20 Å². The Balaban J connectivity index is 1.61. The molecule has 26 heavy (non-hydrogen) atoms. The molecule has 10 heteroatoms. The molecule has 0 spiro atoms. The van der Waals surface area contributed by atoms with Crippen molar-refractivity contribution in [2.75, 3.05) is 0 Å². The lowest BCUT2D eigenvalue weighted by Crippen LogP contribution is -2.15. The maximum Gasteiger partial charge on any atom is 0.258 e. The van der Waals surface area contributed by atoms with Crippen molar-refractivity contribution in [1.82, 2.24) is 29.6 Å². The molecular formula is C16H10BrFN6OS. The van der Waals surface area contributed by atoms with Gasteiger partial charge in [-0.2, -0.15) is 4.68 Å². The van der Waals surface area contributed by atoms with Gasteiger partial charge in [0.25, 0.3) is 5.56 Å². The van der Waals surface area contributed by atoms with Crippen LogP contribution in [0.1, 0.15) is 5.69 Å². The molecular weight excluding hydrogens is 423 g/mol. The van der Waals surface area contributed by atoms with E-state index in [2.05, 4.69) is 36.4 Å². The molecule has 0 saturated carbocycles. The van der Waals surface area contributed by atoms with Gasteiger partial charge in [-0.05, 0) is 56.7 Å². The second-order valence-electron chi connectivity index (χ2n) is 5.30. The van der Waals surface area contributed by atoms with Crippen LogP contribution in [0.4, 0.5) is 4.39 Å². The molecule has 7 nitrogen and oxygen atoms in total. The van der Waals surface area contributed by atoms with Crippen molar-refractivity contribution in [3.63, 3.8) is 0 Å². The van der Waals surface area contributed by atoms with Crippen LogP contribution in [0.2, 0.25) is 0 Å². The van der Waals surface area contributed by atoms with Crippen molar-refractivity contribution in [3.8, 4) is 5.69 Å². The molecule has 0 aliphatic heterocycles. The lowest BCUT2D eigenvalue weighted by molar-refractivity contribution is 0.623. The van der Waals surface area contributed by atoms with Crippen molar-refractivity contribution in [1.29, 1.82) is 0 Å². The molecule has 3 heterocycles. The molecule has 4 aromatic rings. The number of pyridine rings is 1. The van der Waals surface area contributed by atoms with Gasteiger partial charge in [0.15, 0.2) is 0 Å². The standard InChI is InChI=1S/C16H10BrFN6OS/c17-10-4-5-14-19-12(7-15(25)23(14)8-10)9-26-16-20-21-22-24(16)13-3-1-2-11(18)6-13/h1-8H,9H2. The van der Waals surface area contributed by atoms with Gasteiger partial charge in [-0.15, -0.1) is 5.10 Å². The zero-order valence-corrected chi connectivity index (χ0v) is 15.5. The fourth-order valence-electron chi connectivity index (χ4n) is 2.38. The topological polar surface area (TPSA) is 78.0 Å². The van der Waals surface area contributed by atoms with Crippen LogP contribution >= 0.6 is 27.7 Å². The van der Waals surface area contributed by atoms with Crippen LogP contribution in [0.5, 0.6) is 0 Å². The molecule has 130 valence electrons. The highest BCUT2D eigenvalue weighted by Gasteiger charge is 2.11. The van der Waals surface area contributed by atoms with E-state index in [1.165, 1.54) is 39.0 Å². The van der Waals surface area contributed by atoms with Crippen LogP contribution in [0, 0.1) is 5.82 Å². The number of benzene rings is 1. The number of rotatable bonds is 4. The molecule has 0 N–H and O–H groups in total. The lowest BCUT2D eigenvalue weighted by atomic mass is 10.3. The molecule has 0 unspecified atom stereocenters. The first-order valence-electron chi connectivity index (χ1n) is 7.45. The van der Waals surface area contributed by atoms with Crippen molar-refractivity contribution < 1.29 is 4.39 Å². The molecule has 3 aromatic heterocycles. The maximum absolute atomic E-state index is 13.4. The van der Waals surface area contributed by atoms with Crippen LogP contribution < -0.4 is 5.56 Å². The fourth-order valence-corrected chi connectivity index (χ4v) is 3.50. The molecule has 0 fully saturated rings. The van der Waals surface area contributed by atoms with Gasteiger partial charge in [-0.25, -0.2) is 9.37 Å². The first-order chi connectivity index (χ1) is 12.6. The predicted octanol–water partition coefficient (Wildman–Crippen LogP) is 2.86. The van der Waals surface area contributed by atoms with Gasteiger partial charge in [0.05, 0.1) is 11.4 Å². The second kappa shape index (κ2) is 6.96. The smallest absolute Gasteiger partial charge is 0.258 e. The molecule has 0 aliphatic carbocycles. The third kappa shape index (κ3) is 3.37. The Morgan fingerprint density at radius 3 is 2.92 bits per heavy atom. The van der Waals surface area contributed by atoms with E-state index < -0.39 is 0 Å². The summed E-state index contributed by atoms with van der Waals surface area (Å²) in [6, 6.07) is 11.1. The van der Waals surface area contributed by atoms with Crippen LogP contribution in [0.3, 0.4) is 0 Å². The van der Waals surface area contributed by atoms with E-state index in [0.29, 0.717) is 27.9 Å². The van der Waals surface area contributed by atoms with Crippen LogP contribution in [-0.4, -0.2) is 29.6 Å². The predicted molar refractivity (Wildman–Crippen MR) is 97.8 cm³/mol. The van der Waals surface area contributed by atoms with Crippen LogP contribution in [-0.2, 0) is 5.75 Å². The Hall–Kier alpha value is -2.59. The summed E-state index contributed by atoms with van der Waals surface area (Å²) >= 11 is 4.65. The zero-order chi connectivity index (χ0) is 18.1. The SMILES string of the molecule is O=c1cc(CSc2nnnn2-c2cccc(F)c2)nc2ccc(Br)cn12. The Kier molecular flexibility index (Phi) is 4.51. The average Bonchev–Trinajstić information content (AvgIpc) is 3.09. The number of fused-ring (bicyclic) bond motifs is 1. The monoisotopic (exact) mass is 432 g/mol. The van der Waals surface area contributed by atoms with Gasteiger partial charge in [0.2, 0.25) is 5.16 Å². The summed E-state index contributed by atoms with van der Waals surface area (Å²) in [5.74, 6) is 0.0293. The van der Waals surface area contributed by atoms with Crippen molar-refractivity contribution in [2.45, 2.75) is 10.9 Å². The maximum atomic E-state index is 13.4. The van der Waals surface area contributed by atoms with Crippen molar-refractivity contribution >= 4 is 33.3 Å². The van der Waals surface area contributed by atoms with Crippen molar-refractivity contribution in [3.05, 3.63) is 75.0 Å². The molecule has 0 saturated heterocycles. The molecule has 0 amide bonds. The van der Waals surface area contributed by atoms with E-state index >= 15 is 0 Å². The number of thioether (sulfide) groups is 1. The highest BCUT2D eigenvalue weighted by molar-refractivity contribution is 9.10. The zero-order valence-electron chi connectivity index (χ0n) is 13.1. The Morgan fingerprint density at radius 2 is 2.08 bits per heavy atom. The van der Waals surface area contributed by atoms with E-state index in [1.54, 1.807) is 24.4 Å². The second-order valence-corrected chi connectivity index (χ2v) is 7.16. The lowest BCUT2D eigenvalue weighted by Gasteiger charge is -2.05. The quantitative estimate of drug-likeness (QED) is 0.461. The fraction of sp³-hybridized carbons (Fsp3) is 0.0625. The number of halogens is 2. The number of tetrazole rings is 1. The number of nitrogens with zero attached hydrogens (tertiary/aromatic N) is 6. The number of hydrogen-bond acceptors (Lipinski definition) is 6. The summed E-state index contributed by atoms with van der Waals surface area (Å²) in [5.41, 5.74) is 1.52. The van der Waals surface area contributed by atoms with E-state index in [4.69, 9.17) is 0 Å². The minimum absolute atomic E-state index is 0.170. The van der Waals surface area contributed by atoms with E-state index in [1.807, 2.05) is 6.07 Å². The van der Waals surface area contributed by atoms with E-state index in [-0.39, 0.29) is 11.4 Å². The summed E-state index contributed by atoms with van der Waals surface area (Å²) < 4.78 is 17.1. The number of hydrogen-bond donors (Lipinski definition) is 0. The van der Waals surface area contributed by atoms with E-state index in [0.717, 1.165) is 4.47 Å². The summed E-state index contributed by atoms with van der Waals surface area (Å²) in [5, 5.41) is 12.0. The third-order valence-corrected chi connectivity index (χ3v) is 4.94. The summed E-state index contributed by atoms with van der Waals surface area (Å²) in [6.45, 7) is 0. The van der Waals surface area contributed by atoms with Gasteiger partial charge in [-0.1, -0.05) is 17.8 Å². The molecule has 0 aliphatic rings.